The van der Waals surface area contributed by atoms with Gasteiger partial charge in [-0.25, -0.2) is 9.37 Å². The molecule has 0 amide bonds. The Hall–Kier alpha value is -3.61. The molecule has 0 bridgehead atoms. The molecule has 0 aliphatic rings. The van der Waals surface area contributed by atoms with E-state index < -0.39 is 0 Å². The second kappa shape index (κ2) is 9.93. The summed E-state index contributed by atoms with van der Waals surface area (Å²) in [4.78, 5) is 12.4. The average molecular weight is 420 g/mol. The van der Waals surface area contributed by atoms with E-state index in [1.807, 2.05) is 13.0 Å². The highest BCUT2D eigenvalue weighted by Crippen LogP contribution is 2.19. The van der Waals surface area contributed by atoms with Crippen LogP contribution in [0.3, 0.4) is 0 Å². The minimum atomic E-state index is -0.280. The minimum absolute atomic E-state index is 0.280. The second-order valence-electron chi connectivity index (χ2n) is 7.20. The third-order valence-electron chi connectivity index (χ3n) is 4.99. The maximum atomic E-state index is 13.1. The highest BCUT2D eigenvalue weighted by atomic mass is 19.1. The van der Waals surface area contributed by atoms with Crippen LogP contribution in [0.1, 0.15) is 18.2 Å². The molecule has 0 atom stereocenters. The Bertz CT molecular complexity index is 1150. The standard InChI is InChI=1S/C24H26FN5O/c1-2-26-24(27-13-11-18-15-29-22-6-4-3-5-21(18)22)28-14-12-20-16-31-23(30-20)17-7-9-19(25)10-8-17/h3-10,15-16,29H,2,11-14H2,1H3,(H2,26,27,28). The first-order valence-electron chi connectivity index (χ1n) is 10.5. The first kappa shape index (κ1) is 20.7. The van der Waals surface area contributed by atoms with Gasteiger partial charge in [-0.2, -0.15) is 0 Å². The Kier molecular flexibility index (Phi) is 6.62. The smallest absolute Gasteiger partial charge is 0.226 e. The van der Waals surface area contributed by atoms with E-state index in [2.05, 4.69) is 50.0 Å². The molecule has 4 rings (SSSR count). The third-order valence-corrected chi connectivity index (χ3v) is 4.99. The van der Waals surface area contributed by atoms with Crippen molar-refractivity contribution >= 4 is 16.9 Å². The highest BCUT2D eigenvalue weighted by Gasteiger charge is 2.07. The topological polar surface area (TPSA) is 78.2 Å². The number of para-hydroxylation sites is 1. The maximum absolute atomic E-state index is 13.1. The molecule has 0 radical (unpaired) electrons. The van der Waals surface area contributed by atoms with Gasteiger partial charge in [0.1, 0.15) is 12.1 Å². The second-order valence-corrected chi connectivity index (χ2v) is 7.20. The number of halogens is 1. The highest BCUT2D eigenvalue weighted by molar-refractivity contribution is 5.83. The summed E-state index contributed by atoms with van der Waals surface area (Å²) in [6.07, 6.45) is 5.26. The van der Waals surface area contributed by atoms with Crippen LogP contribution in [0.4, 0.5) is 4.39 Å². The van der Waals surface area contributed by atoms with Gasteiger partial charge in [0.15, 0.2) is 5.96 Å². The van der Waals surface area contributed by atoms with Crippen molar-refractivity contribution in [3.05, 3.63) is 78.1 Å². The number of hydrogen-bond acceptors (Lipinski definition) is 3. The fourth-order valence-corrected chi connectivity index (χ4v) is 3.42. The quantitative estimate of drug-likeness (QED) is 0.294. The SMILES string of the molecule is CCNC(=NCCc1coc(-c2ccc(F)cc2)n1)NCCc1c[nH]c2ccccc12. The maximum Gasteiger partial charge on any atom is 0.226 e. The summed E-state index contributed by atoms with van der Waals surface area (Å²) in [6, 6.07) is 14.4. The zero-order valence-electron chi connectivity index (χ0n) is 17.5. The molecule has 0 aliphatic heterocycles. The summed E-state index contributed by atoms with van der Waals surface area (Å²) in [5, 5.41) is 7.92. The number of oxazole rings is 1. The molecule has 0 aliphatic carbocycles. The van der Waals surface area contributed by atoms with Crippen molar-refractivity contribution in [1.29, 1.82) is 0 Å². The van der Waals surface area contributed by atoms with Crippen molar-refractivity contribution in [3.63, 3.8) is 0 Å². The molecule has 2 aromatic carbocycles. The van der Waals surface area contributed by atoms with Crippen LogP contribution >= 0.6 is 0 Å². The van der Waals surface area contributed by atoms with E-state index in [1.165, 1.54) is 23.1 Å². The molecule has 4 aromatic rings. The van der Waals surface area contributed by atoms with Gasteiger partial charge in [0.2, 0.25) is 5.89 Å². The van der Waals surface area contributed by atoms with Crippen LogP contribution in [0.2, 0.25) is 0 Å². The Labute approximate surface area is 180 Å². The van der Waals surface area contributed by atoms with Gasteiger partial charge >= 0.3 is 0 Å². The van der Waals surface area contributed by atoms with Gasteiger partial charge in [-0.15, -0.1) is 0 Å². The number of H-pyrrole nitrogens is 1. The molecule has 6 nitrogen and oxygen atoms in total. The molecular formula is C24H26FN5O. The molecule has 0 saturated carbocycles. The number of guanidine groups is 1. The lowest BCUT2D eigenvalue weighted by Crippen LogP contribution is -2.38. The summed E-state index contributed by atoms with van der Waals surface area (Å²) in [6.45, 7) is 4.20. The summed E-state index contributed by atoms with van der Waals surface area (Å²) in [7, 11) is 0. The van der Waals surface area contributed by atoms with E-state index in [0.29, 0.717) is 18.9 Å². The number of hydrogen-bond donors (Lipinski definition) is 3. The molecule has 2 heterocycles. The van der Waals surface area contributed by atoms with Gasteiger partial charge in [0.05, 0.1) is 5.69 Å². The molecule has 0 fully saturated rings. The van der Waals surface area contributed by atoms with Crippen LogP contribution in [0.5, 0.6) is 0 Å². The van der Waals surface area contributed by atoms with Crippen LogP contribution in [0.15, 0.2) is 70.4 Å². The normalized spacial score (nSPS) is 11.7. The molecule has 160 valence electrons. The third kappa shape index (κ3) is 5.31. The summed E-state index contributed by atoms with van der Waals surface area (Å²) < 4.78 is 18.6. The number of aliphatic imine (C=N–C) groups is 1. The van der Waals surface area contributed by atoms with Crippen LogP contribution in [-0.4, -0.2) is 35.6 Å². The van der Waals surface area contributed by atoms with E-state index in [1.54, 1.807) is 18.4 Å². The van der Waals surface area contributed by atoms with Gasteiger partial charge in [-0.1, -0.05) is 18.2 Å². The van der Waals surface area contributed by atoms with Crippen LogP contribution in [0.25, 0.3) is 22.4 Å². The van der Waals surface area contributed by atoms with Gasteiger partial charge in [-0.05, 0) is 49.2 Å². The Morgan fingerprint density at radius 2 is 1.94 bits per heavy atom. The Balaban J connectivity index is 1.30. The van der Waals surface area contributed by atoms with Crippen molar-refractivity contribution < 1.29 is 8.81 Å². The Morgan fingerprint density at radius 1 is 1.10 bits per heavy atom. The summed E-state index contributed by atoms with van der Waals surface area (Å²) >= 11 is 0. The molecule has 3 N–H and O–H groups in total. The van der Waals surface area contributed by atoms with E-state index in [9.17, 15) is 4.39 Å². The van der Waals surface area contributed by atoms with Crippen molar-refractivity contribution in [1.82, 2.24) is 20.6 Å². The monoisotopic (exact) mass is 419 g/mol. The first-order chi connectivity index (χ1) is 15.2. The summed E-state index contributed by atoms with van der Waals surface area (Å²) in [5.41, 5.74) is 4.02. The van der Waals surface area contributed by atoms with Crippen molar-refractivity contribution in [2.24, 2.45) is 4.99 Å². The first-order valence-corrected chi connectivity index (χ1v) is 10.5. The van der Waals surface area contributed by atoms with E-state index in [4.69, 9.17) is 4.42 Å². The van der Waals surface area contributed by atoms with Crippen molar-refractivity contribution in [3.8, 4) is 11.5 Å². The predicted molar refractivity (Wildman–Crippen MR) is 122 cm³/mol. The van der Waals surface area contributed by atoms with Crippen LogP contribution < -0.4 is 10.6 Å². The van der Waals surface area contributed by atoms with E-state index >= 15 is 0 Å². The Morgan fingerprint density at radius 3 is 2.77 bits per heavy atom. The zero-order valence-corrected chi connectivity index (χ0v) is 17.5. The largest absolute Gasteiger partial charge is 0.444 e. The fourth-order valence-electron chi connectivity index (χ4n) is 3.42. The van der Waals surface area contributed by atoms with Gasteiger partial charge < -0.3 is 20.0 Å². The van der Waals surface area contributed by atoms with Gasteiger partial charge in [0.25, 0.3) is 0 Å². The zero-order chi connectivity index (χ0) is 21.5. The number of fused-ring (bicyclic) bond motifs is 1. The van der Waals surface area contributed by atoms with Crippen molar-refractivity contribution in [2.75, 3.05) is 19.6 Å². The molecule has 2 aromatic heterocycles. The lowest BCUT2D eigenvalue weighted by molar-refractivity contribution is 0.572. The number of aromatic nitrogens is 2. The predicted octanol–water partition coefficient (Wildman–Crippen LogP) is 4.30. The molecule has 31 heavy (non-hydrogen) atoms. The van der Waals surface area contributed by atoms with Gasteiger partial charge in [-0.3, -0.25) is 4.99 Å². The average Bonchev–Trinajstić information content (AvgIpc) is 3.42. The minimum Gasteiger partial charge on any atom is -0.444 e. The molecule has 7 heteroatoms. The molecule has 0 spiro atoms. The van der Waals surface area contributed by atoms with Crippen LogP contribution in [-0.2, 0) is 12.8 Å². The van der Waals surface area contributed by atoms with E-state index in [-0.39, 0.29) is 5.82 Å². The number of rotatable bonds is 8. The van der Waals surface area contributed by atoms with Crippen LogP contribution in [0, 0.1) is 5.82 Å². The summed E-state index contributed by atoms with van der Waals surface area (Å²) in [5.74, 6) is 0.991. The molecule has 0 saturated heterocycles. The van der Waals surface area contributed by atoms with E-state index in [0.717, 1.165) is 42.2 Å². The number of nitrogens with zero attached hydrogens (tertiary/aromatic N) is 2. The lowest BCUT2D eigenvalue weighted by atomic mass is 10.1. The number of benzene rings is 2. The number of nitrogens with one attached hydrogen (secondary N) is 3. The fraction of sp³-hybridized carbons (Fsp3) is 0.250. The van der Waals surface area contributed by atoms with Crippen molar-refractivity contribution in [2.45, 2.75) is 19.8 Å². The number of aromatic amines is 1. The molecule has 0 unspecified atom stereocenters. The lowest BCUT2D eigenvalue weighted by Gasteiger charge is -2.10. The van der Waals surface area contributed by atoms with Gasteiger partial charge in [0, 0.05) is 48.7 Å². The molecular weight excluding hydrogens is 393 g/mol.